The van der Waals surface area contributed by atoms with Gasteiger partial charge >= 0.3 is 0 Å². The second-order valence-corrected chi connectivity index (χ2v) is 6.39. The van der Waals surface area contributed by atoms with Crippen LogP contribution in [-0.4, -0.2) is 25.9 Å². The molecule has 0 saturated heterocycles. The number of aliphatic hydroxyl groups is 1. The van der Waals surface area contributed by atoms with Crippen molar-refractivity contribution in [3.8, 4) is 11.5 Å². The highest BCUT2D eigenvalue weighted by molar-refractivity contribution is 5.76. The van der Waals surface area contributed by atoms with Crippen molar-refractivity contribution < 1.29 is 19.7 Å². The molecule has 0 spiro atoms. The minimum absolute atomic E-state index is 0.127. The van der Waals surface area contributed by atoms with E-state index in [2.05, 4.69) is 4.98 Å². The van der Waals surface area contributed by atoms with Gasteiger partial charge in [-0.3, -0.25) is 0 Å². The number of phenols is 2. The van der Waals surface area contributed by atoms with Crippen molar-refractivity contribution in [1.82, 2.24) is 4.98 Å². The van der Waals surface area contributed by atoms with Gasteiger partial charge in [0.25, 0.3) is 0 Å². The maximum absolute atomic E-state index is 10.5. The summed E-state index contributed by atoms with van der Waals surface area (Å²) in [5.74, 6) is 0.833. The number of benzene rings is 1. The fourth-order valence-corrected chi connectivity index (χ4v) is 2.39. The molecule has 0 aliphatic carbocycles. The van der Waals surface area contributed by atoms with Crippen LogP contribution < -0.4 is 0 Å². The second kappa shape index (κ2) is 6.46. The largest absolute Gasteiger partial charge is 0.507 e. The molecule has 0 fully saturated rings. The van der Waals surface area contributed by atoms with E-state index in [-0.39, 0.29) is 11.5 Å². The minimum atomic E-state index is -0.854. The zero-order valence-corrected chi connectivity index (χ0v) is 13.9. The van der Waals surface area contributed by atoms with Gasteiger partial charge in [-0.25, -0.2) is 4.98 Å². The number of nitrogens with zero attached hydrogens (tertiary/aromatic N) is 1. The summed E-state index contributed by atoms with van der Waals surface area (Å²) >= 11 is 0. The average molecular weight is 317 g/mol. The molecule has 0 aliphatic rings. The lowest BCUT2D eigenvalue weighted by molar-refractivity contribution is 0.0712. The molecule has 1 aromatic carbocycles. The van der Waals surface area contributed by atoms with Crippen molar-refractivity contribution in [3.05, 3.63) is 40.6 Å². The molecule has 1 heterocycles. The lowest BCUT2D eigenvalue weighted by atomic mass is 9.90. The van der Waals surface area contributed by atoms with Crippen molar-refractivity contribution in [3.63, 3.8) is 0 Å². The first-order valence-corrected chi connectivity index (χ1v) is 7.53. The van der Waals surface area contributed by atoms with Crippen molar-refractivity contribution in [1.29, 1.82) is 0 Å². The molecule has 0 aliphatic heterocycles. The Hall–Kier alpha value is -2.27. The van der Waals surface area contributed by atoms with E-state index in [0.29, 0.717) is 40.9 Å². The zero-order chi connectivity index (χ0) is 17.2. The molecular formula is C18H23NO4. The lowest BCUT2D eigenvalue weighted by Gasteiger charge is -2.20. The number of hydrogen-bond acceptors (Lipinski definition) is 5. The van der Waals surface area contributed by atoms with E-state index in [1.807, 2.05) is 0 Å². The van der Waals surface area contributed by atoms with Gasteiger partial charge in [-0.15, -0.1) is 0 Å². The molecule has 3 N–H and O–H groups in total. The highest BCUT2D eigenvalue weighted by atomic mass is 16.3. The van der Waals surface area contributed by atoms with Gasteiger partial charge in [-0.05, 0) is 63.8 Å². The summed E-state index contributed by atoms with van der Waals surface area (Å²) in [6.07, 6.45) is 7.18. The molecule has 1 aromatic heterocycles. The lowest BCUT2D eigenvalue weighted by Crippen LogP contribution is -2.19. The Morgan fingerprint density at radius 2 is 1.78 bits per heavy atom. The van der Waals surface area contributed by atoms with Crippen molar-refractivity contribution in [2.24, 2.45) is 0 Å². The van der Waals surface area contributed by atoms with E-state index in [4.69, 9.17) is 4.42 Å². The molecule has 2 aromatic rings. The van der Waals surface area contributed by atoms with Crippen LogP contribution in [0.25, 0.3) is 12.2 Å². The van der Waals surface area contributed by atoms with Gasteiger partial charge in [0, 0.05) is 11.1 Å². The molecule has 2 rings (SSSR count). The van der Waals surface area contributed by atoms with Crippen LogP contribution in [0.3, 0.4) is 0 Å². The molecule has 23 heavy (non-hydrogen) atoms. The van der Waals surface area contributed by atoms with Crippen molar-refractivity contribution in [2.45, 2.75) is 46.1 Å². The number of phenolic OH excluding ortho intramolecular Hbond substituents is 2. The predicted octanol–water partition coefficient (Wildman–Crippen LogP) is 3.58. The Labute approximate surface area is 135 Å². The normalized spacial score (nSPS) is 12.2. The fraction of sp³-hybridized carbons (Fsp3) is 0.389. The Morgan fingerprint density at radius 3 is 2.35 bits per heavy atom. The van der Waals surface area contributed by atoms with E-state index in [1.54, 1.807) is 46.0 Å². The summed E-state index contributed by atoms with van der Waals surface area (Å²) < 4.78 is 5.15. The van der Waals surface area contributed by atoms with Gasteiger partial charge in [0.1, 0.15) is 17.3 Å². The Morgan fingerprint density at radius 1 is 1.13 bits per heavy atom. The summed E-state index contributed by atoms with van der Waals surface area (Å²) in [6.45, 7) is 6.96. The summed E-state index contributed by atoms with van der Waals surface area (Å²) in [7, 11) is 0. The van der Waals surface area contributed by atoms with Crippen LogP contribution >= 0.6 is 0 Å². The summed E-state index contributed by atoms with van der Waals surface area (Å²) in [6, 6.07) is 0. The molecule has 124 valence electrons. The Kier molecular flexibility index (Phi) is 4.80. The van der Waals surface area contributed by atoms with Crippen LogP contribution in [0.2, 0.25) is 0 Å². The van der Waals surface area contributed by atoms with Gasteiger partial charge < -0.3 is 19.7 Å². The fourth-order valence-electron chi connectivity index (χ4n) is 2.39. The Bertz CT molecular complexity index is 710. The average Bonchev–Trinajstić information content (AvgIpc) is 2.98. The van der Waals surface area contributed by atoms with Crippen LogP contribution in [0.4, 0.5) is 0 Å². The number of oxazole rings is 1. The van der Waals surface area contributed by atoms with Gasteiger partial charge in [0.15, 0.2) is 6.39 Å². The van der Waals surface area contributed by atoms with Crippen molar-refractivity contribution in [2.75, 3.05) is 0 Å². The third-order valence-electron chi connectivity index (χ3n) is 3.99. The first kappa shape index (κ1) is 17.1. The smallest absolute Gasteiger partial charge is 0.181 e. The molecule has 0 bridgehead atoms. The number of aromatic nitrogens is 1. The highest BCUT2D eigenvalue weighted by Crippen LogP contribution is 2.39. The molecule has 0 atom stereocenters. The molecule has 0 saturated carbocycles. The zero-order valence-electron chi connectivity index (χ0n) is 13.9. The van der Waals surface area contributed by atoms with Crippen LogP contribution in [0.1, 0.15) is 48.3 Å². The van der Waals surface area contributed by atoms with Crippen LogP contribution in [0.15, 0.2) is 17.0 Å². The van der Waals surface area contributed by atoms with E-state index in [1.165, 1.54) is 6.39 Å². The monoisotopic (exact) mass is 317 g/mol. The quantitative estimate of drug-likeness (QED) is 0.734. The first-order valence-electron chi connectivity index (χ1n) is 7.53. The van der Waals surface area contributed by atoms with Gasteiger partial charge in [-0.2, -0.15) is 0 Å². The van der Waals surface area contributed by atoms with Gasteiger partial charge in [0.2, 0.25) is 0 Å². The minimum Gasteiger partial charge on any atom is -0.507 e. The number of rotatable bonds is 5. The van der Waals surface area contributed by atoms with Crippen LogP contribution in [0.5, 0.6) is 11.5 Å². The second-order valence-electron chi connectivity index (χ2n) is 6.39. The molecule has 0 unspecified atom stereocenters. The number of hydrogen-bond donors (Lipinski definition) is 3. The summed E-state index contributed by atoms with van der Waals surface area (Å²) in [4.78, 5) is 3.83. The van der Waals surface area contributed by atoms with Crippen LogP contribution in [0, 0.1) is 13.8 Å². The van der Waals surface area contributed by atoms with E-state index in [0.717, 1.165) is 0 Å². The molecule has 0 amide bonds. The summed E-state index contributed by atoms with van der Waals surface area (Å²) in [5, 5.41) is 30.9. The maximum Gasteiger partial charge on any atom is 0.181 e. The standard InChI is InChI=1S/C18H23NO4/c1-11-12(2)17(21)15(7-8-18(3,4)22)14(16(11)20)6-5-13-9-19-10-23-13/h5-6,9-10,20-22H,7-8H2,1-4H3. The van der Waals surface area contributed by atoms with Gasteiger partial charge in [0.05, 0.1) is 11.8 Å². The highest BCUT2D eigenvalue weighted by Gasteiger charge is 2.20. The topological polar surface area (TPSA) is 86.7 Å². The SMILES string of the molecule is Cc1c(C)c(O)c(CCC(C)(C)O)c(C=Cc2cnco2)c1O. The molecule has 0 radical (unpaired) electrons. The van der Waals surface area contributed by atoms with E-state index >= 15 is 0 Å². The summed E-state index contributed by atoms with van der Waals surface area (Å²) in [5.41, 5.74) is 1.57. The van der Waals surface area contributed by atoms with Gasteiger partial charge in [-0.1, -0.05) is 0 Å². The van der Waals surface area contributed by atoms with E-state index < -0.39 is 5.60 Å². The third kappa shape index (κ3) is 3.93. The number of aromatic hydroxyl groups is 2. The van der Waals surface area contributed by atoms with E-state index in [9.17, 15) is 15.3 Å². The maximum atomic E-state index is 10.5. The first-order chi connectivity index (χ1) is 10.7. The van der Waals surface area contributed by atoms with Crippen molar-refractivity contribution >= 4 is 12.2 Å². The molecular weight excluding hydrogens is 294 g/mol. The molecule has 5 nitrogen and oxygen atoms in total. The third-order valence-corrected chi connectivity index (χ3v) is 3.99. The Balaban J connectivity index is 2.49. The molecule has 5 heteroatoms. The van der Waals surface area contributed by atoms with Crippen LogP contribution in [-0.2, 0) is 6.42 Å². The predicted molar refractivity (Wildman–Crippen MR) is 89.3 cm³/mol.